The average molecular weight is 421 g/mol. The van der Waals surface area contributed by atoms with Crippen molar-refractivity contribution < 1.29 is 14.3 Å². The lowest BCUT2D eigenvalue weighted by Crippen LogP contribution is -2.35. The summed E-state index contributed by atoms with van der Waals surface area (Å²) in [5, 5.41) is 14.1. The highest BCUT2D eigenvalue weighted by atomic mass is 32.2. The van der Waals surface area contributed by atoms with Gasteiger partial charge in [0.1, 0.15) is 5.75 Å². The van der Waals surface area contributed by atoms with E-state index in [1.807, 2.05) is 0 Å². The van der Waals surface area contributed by atoms with Crippen molar-refractivity contribution in [2.45, 2.75) is 48.9 Å². The van der Waals surface area contributed by atoms with E-state index in [0.29, 0.717) is 10.0 Å². The third-order valence-electron chi connectivity index (χ3n) is 4.50. The number of aromatic nitrogens is 2. The first kappa shape index (κ1) is 20.6. The van der Waals surface area contributed by atoms with E-state index in [2.05, 4.69) is 20.8 Å². The van der Waals surface area contributed by atoms with Crippen molar-refractivity contribution in [3.05, 3.63) is 29.3 Å². The van der Waals surface area contributed by atoms with Crippen LogP contribution in [-0.4, -0.2) is 40.9 Å². The van der Waals surface area contributed by atoms with Gasteiger partial charge in [0, 0.05) is 11.7 Å². The predicted molar refractivity (Wildman–Crippen MR) is 111 cm³/mol. The first-order chi connectivity index (χ1) is 13.6. The molecule has 1 fully saturated rings. The van der Waals surface area contributed by atoms with Crippen molar-refractivity contribution >= 4 is 40.6 Å². The number of hydrogen-bond acceptors (Lipinski definition) is 7. The van der Waals surface area contributed by atoms with Crippen LogP contribution in [0.15, 0.2) is 28.6 Å². The smallest absolute Gasteiger partial charge is 0.286 e. The molecule has 1 aromatic carbocycles. The van der Waals surface area contributed by atoms with Crippen molar-refractivity contribution in [3.8, 4) is 5.75 Å². The lowest BCUT2D eigenvalue weighted by molar-refractivity contribution is -0.119. The first-order valence-corrected chi connectivity index (χ1v) is 11.2. The first-order valence-electron chi connectivity index (χ1n) is 9.35. The zero-order valence-electron chi connectivity index (χ0n) is 15.8. The van der Waals surface area contributed by atoms with Crippen molar-refractivity contribution in [1.82, 2.24) is 15.5 Å². The van der Waals surface area contributed by atoms with Crippen molar-refractivity contribution in [2.75, 3.05) is 18.2 Å². The number of rotatable bonds is 7. The number of nitrogens with one attached hydrogen (secondary N) is 2. The van der Waals surface area contributed by atoms with Gasteiger partial charge in [-0.15, -0.1) is 10.2 Å². The average Bonchev–Trinajstić information content (AvgIpc) is 3.04. The van der Waals surface area contributed by atoms with E-state index in [-0.39, 0.29) is 28.6 Å². The van der Waals surface area contributed by atoms with Crippen LogP contribution in [0.3, 0.4) is 0 Å². The second-order valence-electron chi connectivity index (χ2n) is 6.60. The number of carbonyl (C=O) groups is 2. The maximum Gasteiger partial charge on any atom is 0.286 e. The summed E-state index contributed by atoms with van der Waals surface area (Å²) in [7, 11) is 1.59. The van der Waals surface area contributed by atoms with Crippen LogP contribution in [0.4, 0.5) is 5.69 Å². The van der Waals surface area contributed by atoms with E-state index < -0.39 is 0 Å². The number of amides is 2. The molecule has 1 heterocycles. The standard InChI is InChI=1S/C19H24N4O3S2/c1-26-15-10-8-14(9-11-15)21-17(25)18-22-23-19(28-18)27-12-16(24)20-13-6-4-2-3-5-7-13/h8-11,13H,2-7,12H2,1H3,(H,20,24)(H,21,25). The molecule has 7 nitrogen and oxygen atoms in total. The molecule has 0 unspecified atom stereocenters. The molecule has 2 aromatic rings. The van der Waals surface area contributed by atoms with Gasteiger partial charge < -0.3 is 15.4 Å². The molecule has 2 N–H and O–H groups in total. The Morgan fingerprint density at radius 3 is 2.54 bits per heavy atom. The van der Waals surface area contributed by atoms with Crippen LogP contribution in [0.1, 0.15) is 48.3 Å². The molecule has 3 rings (SSSR count). The van der Waals surface area contributed by atoms with Crippen LogP contribution >= 0.6 is 23.1 Å². The third-order valence-corrected chi connectivity index (χ3v) is 6.55. The summed E-state index contributed by atoms with van der Waals surface area (Å²) in [4.78, 5) is 24.5. The molecular formula is C19H24N4O3S2. The molecule has 150 valence electrons. The molecular weight excluding hydrogens is 396 g/mol. The lowest BCUT2D eigenvalue weighted by atomic mass is 10.1. The molecule has 0 saturated heterocycles. The zero-order chi connectivity index (χ0) is 19.8. The van der Waals surface area contributed by atoms with Gasteiger partial charge in [-0.25, -0.2) is 0 Å². The minimum atomic E-state index is -0.322. The summed E-state index contributed by atoms with van der Waals surface area (Å²) in [5.74, 6) is 0.689. The molecule has 1 aliphatic carbocycles. The molecule has 0 atom stereocenters. The van der Waals surface area contributed by atoms with Gasteiger partial charge in [-0.2, -0.15) is 0 Å². The predicted octanol–water partition coefficient (Wildman–Crippen LogP) is 3.73. The van der Waals surface area contributed by atoms with Gasteiger partial charge in [-0.1, -0.05) is 48.8 Å². The topological polar surface area (TPSA) is 93.2 Å². The maximum absolute atomic E-state index is 12.3. The molecule has 2 amide bonds. The van der Waals surface area contributed by atoms with Crippen LogP contribution in [0.25, 0.3) is 0 Å². The van der Waals surface area contributed by atoms with E-state index >= 15 is 0 Å². The fourth-order valence-electron chi connectivity index (χ4n) is 3.04. The summed E-state index contributed by atoms with van der Waals surface area (Å²) in [6.07, 6.45) is 7.00. The number of thioether (sulfide) groups is 1. The van der Waals surface area contributed by atoms with Crippen LogP contribution in [-0.2, 0) is 4.79 Å². The number of nitrogens with zero attached hydrogens (tertiary/aromatic N) is 2. The van der Waals surface area contributed by atoms with E-state index in [4.69, 9.17) is 4.74 Å². The molecule has 1 aromatic heterocycles. The monoisotopic (exact) mass is 420 g/mol. The Morgan fingerprint density at radius 2 is 1.86 bits per heavy atom. The minimum Gasteiger partial charge on any atom is -0.497 e. The summed E-state index contributed by atoms with van der Waals surface area (Å²) >= 11 is 2.49. The van der Waals surface area contributed by atoms with Crippen molar-refractivity contribution in [2.24, 2.45) is 0 Å². The summed E-state index contributed by atoms with van der Waals surface area (Å²) < 4.78 is 5.70. The fourth-order valence-corrected chi connectivity index (χ4v) is 4.60. The van der Waals surface area contributed by atoms with E-state index in [1.54, 1.807) is 31.4 Å². The molecule has 1 aliphatic rings. The highest BCUT2D eigenvalue weighted by Gasteiger charge is 2.17. The largest absolute Gasteiger partial charge is 0.497 e. The second kappa shape index (κ2) is 10.4. The van der Waals surface area contributed by atoms with Gasteiger partial charge in [0.15, 0.2) is 4.34 Å². The number of benzene rings is 1. The van der Waals surface area contributed by atoms with Crippen LogP contribution in [0, 0.1) is 0 Å². The molecule has 9 heteroatoms. The van der Waals surface area contributed by atoms with Crippen molar-refractivity contribution in [3.63, 3.8) is 0 Å². The molecule has 28 heavy (non-hydrogen) atoms. The SMILES string of the molecule is COc1ccc(NC(=O)c2nnc(SCC(=O)NC3CCCCCC3)s2)cc1. The quantitative estimate of drug-likeness (QED) is 0.524. The van der Waals surface area contributed by atoms with E-state index in [9.17, 15) is 9.59 Å². The molecule has 0 spiro atoms. The minimum absolute atomic E-state index is 0.0105. The van der Waals surface area contributed by atoms with Crippen LogP contribution in [0.2, 0.25) is 0 Å². The number of hydrogen-bond donors (Lipinski definition) is 2. The molecule has 0 aliphatic heterocycles. The van der Waals surface area contributed by atoms with Crippen LogP contribution < -0.4 is 15.4 Å². The third kappa shape index (κ3) is 6.20. The Balaban J connectivity index is 1.46. The normalized spacial score (nSPS) is 14.9. The molecule has 1 saturated carbocycles. The maximum atomic E-state index is 12.3. The lowest BCUT2D eigenvalue weighted by Gasteiger charge is -2.15. The molecule has 0 radical (unpaired) electrons. The highest BCUT2D eigenvalue weighted by Crippen LogP contribution is 2.24. The number of anilines is 1. The number of ether oxygens (including phenoxy) is 1. The number of carbonyl (C=O) groups excluding carboxylic acids is 2. The van der Waals surface area contributed by atoms with Gasteiger partial charge in [-0.05, 0) is 37.1 Å². The van der Waals surface area contributed by atoms with Gasteiger partial charge >= 0.3 is 0 Å². The Hall–Kier alpha value is -2.13. The van der Waals surface area contributed by atoms with Gasteiger partial charge in [0.05, 0.1) is 12.9 Å². The van der Waals surface area contributed by atoms with Gasteiger partial charge in [-0.3, -0.25) is 9.59 Å². The fraction of sp³-hybridized carbons (Fsp3) is 0.474. The Bertz CT molecular complexity index is 787. The Morgan fingerprint density at radius 1 is 1.14 bits per heavy atom. The van der Waals surface area contributed by atoms with Gasteiger partial charge in [0.25, 0.3) is 5.91 Å². The second-order valence-corrected chi connectivity index (χ2v) is 8.80. The summed E-state index contributed by atoms with van der Waals surface area (Å²) in [6.45, 7) is 0. The zero-order valence-corrected chi connectivity index (χ0v) is 17.4. The van der Waals surface area contributed by atoms with Crippen LogP contribution in [0.5, 0.6) is 5.75 Å². The van der Waals surface area contributed by atoms with Crippen molar-refractivity contribution in [1.29, 1.82) is 0 Å². The molecule has 0 bridgehead atoms. The van der Waals surface area contributed by atoms with Gasteiger partial charge in [0.2, 0.25) is 10.9 Å². The highest BCUT2D eigenvalue weighted by molar-refractivity contribution is 8.01. The number of methoxy groups -OCH3 is 1. The van der Waals surface area contributed by atoms with E-state index in [0.717, 1.165) is 18.6 Å². The Labute approximate surface area is 172 Å². The Kier molecular flexibility index (Phi) is 7.67. The summed E-state index contributed by atoms with van der Waals surface area (Å²) in [5.41, 5.74) is 0.651. The summed E-state index contributed by atoms with van der Waals surface area (Å²) in [6, 6.07) is 7.33. The van der Waals surface area contributed by atoms with E-state index in [1.165, 1.54) is 48.8 Å².